The van der Waals surface area contributed by atoms with Gasteiger partial charge in [0.05, 0.1) is 0 Å². The zero-order valence-corrected chi connectivity index (χ0v) is 9.61. The molecule has 1 aromatic carbocycles. The Labute approximate surface area is 93.2 Å². The average molecular weight is 221 g/mol. The molecule has 1 heterocycles. The maximum absolute atomic E-state index is 4.43. The second kappa shape index (κ2) is 4.15. The van der Waals surface area contributed by atoms with E-state index in [-0.39, 0.29) is 0 Å². The zero-order valence-electron chi connectivity index (χ0n) is 7.90. The third-order valence-corrected chi connectivity index (χ3v) is 3.79. The number of thiol groups is 1. The molecule has 0 aliphatic carbocycles. The van der Waals surface area contributed by atoms with Crippen LogP contribution in [0, 0.1) is 0 Å². The lowest BCUT2D eigenvalue weighted by molar-refractivity contribution is 1.07. The molecular formula is C11H11NS2. The monoisotopic (exact) mass is 221 g/mol. The molecule has 0 fully saturated rings. The summed E-state index contributed by atoms with van der Waals surface area (Å²) in [5.41, 5.74) is 1.17. The highest BCUT2D eigenvalue weighted by atomic mass is 32.1. The number of hydrogen-bond donors (Lipinski definition) is 1. The summed E-state index contributed by atoms with van der Waals surface area (Å²) in [6.07, 6.45) is 1.00. The summed E-state index contributed by atoms with van der Waals surface area (Å²) in [5, 5.41) is 1.93. The van der Waals surface area contributed by atoms with Gasteiger partial charge in [0.1, 0.15) is 10.0 Å². The highest BCUT2D eigenvalue weighted by molar-refractivity contribution is 7.80. The van der Waals surface area contributed by atoms with Crippen molar-refractivity contribution in [3.05, 3.63) is 35.2 Å². The van der Waals surface area contributed by atoms with Crippen molar-refractivity contribution in [3.63, 3.8) is 0 Å². The van der Waals surface area contributed by atoms with Gasteiger partial charge >= 0.3 is 0 Å². The number of rotatable bonds is 2. The molecule has 0 saturated heterocycles. The van der Waals surface area contributed by atoms with E-state index in [1.807, 2.05) is 18.2 Å². The van der Waals surface area contributed by atoms with E-state index in [2.05, 4.69) is 36.7 Å². The van der Waals surface area contributed by atoms with Crippen LogP contribution in [0.25, 0.3) is 10.6 Å². The molecular weight excluding hydrogens is 210 g/mol. The van der Waals surface area contributed by atoms with Crippen LogP contribution in [0.5, 0.6) is 0 Å². The number of thiazole rings is 1. The first-order valence-electron chi connectivity index (χ1n) is 4.55. The number of aryl methyl sites for hydroxylation is 1. The van der Waals surface area contributed by atoms with Crippen LogP contribution in [0.4, 0.5) is 0 Å². The molecule has 0 aliphatic rings. The Balaban J connectivity index is 2.43. The van der Waals surface area contributed by atoms with E-state index in [0.717, 1.165) is 16.5 Å². The second-order valence-electron chi connectivity index (χ2n) is 2.99. The Morgan fingerprint density at radius 1 is 1.29 bits per heavy atom. The molecule has 0 aliphatic heterocycles. The van der Waals surface area contributed by atoms with Crippen LogP contribution >= 0.6 is 24.0 Å². The highest BCUT2D eigenvalue weighted by Crippen LogP contribution is 2.29. The minimum Gasteiger partial charge on any atom is -0.230 e. The van der Waals surface area contributed by atoms with Crippen molar-refractivity contribution in [2.75, 3.05) is 0 Å². The molecule has 0 spiro atoms. The van der Waals surface area contributed by atoms with Gasteiger partial charge < -0.3 is 0 Å². The Hall–Kier alpha value is -0.800. The van der Waals surface area contributed by atoms with Gasteiger partial charge in [0.2, 0.25) is 0 Å². The molecule has 0 atom stereocenters. The SMILES string of the molecule is CCc1sc(-c2ccccc2)nc1S. The first-order chi connectivity index (χ1) is 6.81. The van der Waals surface area contributed by atoms with E-state index < -0.39 is 0 Å². The summed E-state index contributed by atoms with van der Waals surface area (Å²) in [6.45, 7) is 2.13. The van der Waals surface area contributed by atoms with E-state index >= 15 is 0 Å². The predicted molar refractivity (Wildman–Crippen MR) is 64.2 cm³/mol. The predicted octanol–water partition coefficient (Wildman–Crippen LogP) is 3.66. The largest absolute Gasteiger partial charge is 0.230 e. The van der Waals surface area contributed by atoms with Gasteiger partial charge in [-0.3, -0.25) is 0 Å². The van der Waals surface area contributed by atoms with E-state index in [0.29, 0.717) is 0 Å². The van der Waals surface area contributed by atoms with Crippen LogP contribution in [0.2, 0.25) is 0 Å². The fraction of sp³-hybridized carbons (Fsp3) is 0.182. The van der Waals surface area contributed by atoms with Crippen LogP contribution in [0.3, 0.4) is 0 Å². The minimum atomic E-state index is 0.872. The van der Waals surface area contributed by atoms with E-state index in [9.17, 15) is 0 Å². The minimum absolute atomic E-state index is 0.872. The molecule has 0 N–H and O–H groups in total. The van der Waals surface area contributed by atoms with Crippen molar-refractivity contribution in [2.24, 2.45) is 0 Å². The van der Waals surface area contributed by atoms with Gasteiger partial charge in [-0.1, -0.05) is 37.3 Å². The van der Waals surface area contributed by atoms with Crippen molar-refractivity contribution < 1.29 is 0 Å². The average Bonchev–Trinajstić information content (AvgIpc) is 2.61. The molecule has 3 heteroatoms. The molecule has 0 unspecified atom stereocenters. The molecule has 1 aromatic heterocycles. The maximum Gasteiger partial charge on any atom is 0.124 e. The summed E-state index contributed by atoms with van der Waals surface area (Å²) in [4.78, 5) is 5.69. The number of nitrogens with zero attached hydrogens (tertiary/aromatic N) is 1. The van der Waals surface area contributed by atoms with Crippen LogP contribution < -0.4 is 0 Å². The molecule has 2 aromatic rings. The molecule has 0 amide bonds. The Bertz CT molecular complexity index is 420. The number of hydrogen-bond acceptors (Lipinski definition) is 3. The van der Waals surface area contributed by atoms with Crippen LogP contribution in [-0.4, -0.2) is 4.98 Å². The van der Waals surface area contributed by atoms with Crippen LogP contribution in [-0.2, 0) is 6.42 Å². The lowest BCUT2D eigenvalue weighted by Crippen LogP contribution is -1.74. The number of aromatic nitrogens is 1. The number of benzene rings is 1. The summed E-state index contributed by atoms with van der Waals surface area (Å²) in [5.74, 6) is 0. The quantitative estimate of drug-likeness (QED) is 0.764. The third kappa shape index (κ3) is 1.83. The van der Waals surface area contributed by atoms with Gasteiger partial charge in [-0.2, -0.15) is 0 Å². The van der Waals surface area contributed by atoms with Crippen LogP contribution in [0.15, 0.2) is 35.4 Å². The topological polar surface area (TPSA) is 12.9 Å². The smallest absolute Gasteiger partial charge is 0.124 e. The molecule has 0 saturated carbocycles. The Kier molecular flexibility index (Phi) is 2.89. The molecule has 14 heavy (non-hydrogen) atoms. The molecule has 1 nitrogen and oxygen atoms in total. The summed E-state index contributed by atoms with van der Waals surface area (Å²) in [7, 11) is 0. The zero-order chi connectivity index (χ0) is 9.97. The first kappa shape index (κ1) is 9.74. The van der Waals surface area contributed by atoms with E-state index in [1.165, 1.54) is 10.4 Å². The van der Waals surface area contributed by atoms with Gasteiger partial charge in [0.15, 0.2) is 0 Å². The maximum atomic E-state index is 4.43. The summed E-state index contributed by atoms with van der Waals surface area (Å²) in [6, 6.07) is 10.2. The third-order valence-electron chi connectivity index (χ3n) is 2.02. The molecule has 0 bridgehead atoms. The van der Waals surface area contributed by atoms with Crippen molar-refractivity contribution >= 4 is 24.0 Å². The lowest BCUT2D eigenvalue weighted by atomic mass is 10.2. The van der Waals surface area contributed by atoms with Gasteiger partial charge in [0.25, 0.3) is 0 Å². The lowest BCUT2D eigenvalue weighted by Gasteiger charge is -1.92. The fourth-order valence-electron chi connectivity index (χ4n) is 1.28. The van der Waals surface area contributed by atoms with Crippen LogP contribution in [0.1, 0.15) is 11.8 Å². The normalized spacial score (nSPS) is 10.4. The van der Waals surface area contributed by atoms with Gasteiger partial charge in [0, 0.05) is 10.4 Å². The Morgan fingerprint density at radius 3 is 2.57 bits per heavy atom. The summed E-state index contributed by atoms with van der Waals surface area (Å²) < 4.78 is 0. The Morgan fingerprint density at radius 2 is 2.00 bits per heavy atom. The molecule has 0 radical (unpaired) electrons. The second-order valence-corrected chi connectivity index (χ2v) is 4.49. The highest BCUT2D eigenvalue weighted by Gasteiger charge is 2.07. The van der Waals surface area contributed by atoms with Gasteiger partial charge in [-0.05, 0) is 6.42 Å². The fourth-order valence-corrected chi connectivity index (χ4v) is 2.65. The van der Waals surface area contributed by atoms with E-state index in [1.54, 1.807) is 11.3 Å². The van der Waals surface area contributed by atoms with Crippen molar-refractivity contribution in [3.8, 4) is 10.6 Å². The van der Waals surface area contributed by atoms with Crippen molar-refractivity contribution in [1.29, 1.82) is 0 Å². The van der Waals surface area contributed by atoms with Crippen molar-refractivity contribution in [2.45, 2.75) is 18.4 Å². The summed E-state index contributed by atoms with van der Waals surface area (Å²) >= 11 is 6.07. The first-order valence-corrected chi connectivity index (χ1v) is 5.81. The van der Waals surface area contributed by atoms with Gasteiger partial charge in [-0.15, -0.1) is 24.0 Å². The molecule has 72 valence electrons. The molecule has 2 rings (SSSR count). The van der Waals surface area contributed by atoms with Crippen molar-refractivity contribution in [1.82, 2.24) is 4.98 Å². The standard InChI is InChI=1S/C11H11NS2/c1-2-9-10(13)12-11(14-9)8-6-4-3-5-7-8/h3-7,13H,2H2,1H3. The van der Waals surface area contributed by atoms with Gasteiger partial charge in [-0.25, -0.2) is 4.98 Å². The van der Waals surface area contributed by atoms with E-state index in [4.69, 9.17) is 0 Å².